The zero-order valence-corrected chi connectivity index (χ0v) is 16.1. The van der Waals surface area contributed by atoms with Gasteiger partial charge in [-0.1, -0.05) is 60.7 Å². The monoisotopic (exact) mass is 376 g/mol. The number of amides is 1. The second kappa shape index (κ2) is 9.50. The smallest absolute Gasteiger partial charge is 0.415 e. The molecule has 3 aromatic rings. The molecule has 28 heavy (non-hydrogen) atoms. The molecule has 6 heteroatoms. The summed E-state index contributed by atoms with van der Waals surface area (Å²) in [5.41, 5.74) is 2.07. The second-order valence-corrected chi connectivity index (χ2v) is 6.30. The van der Waals surface area contributed by atoms with E-state index in [1.165, 1.54) is 4.90 Å². The first-order chi connectivity index (χ1) is 13.7. The van der Waals surface area contributed by atoms with Gasteiger partial charge in [0.25, 0.3) is 0 Å². The third-order valence-electron chi connectivity index (χ3n) is 4.30. The Bertz CT molecular complexity index is 887. The van der Waals surface area contributed by atoms with Crippen LogP contribution in [0.1, 0.15) is 31.0 Å². The molecular weight excluding hydrogens is 352 g/mol. The maximum atomic E-state index is 12.5. The highest BCUT2D eigenvalue weighted by atomic mass is 16.6. The minimum atomic E-state index is -0.438. The van der Waals surface area contributed by atoms with Gasteiger partial charge in [-0.05, 0) is 31.0 Å². The molecule has 0 aliphatic carbocycles. The van der Waals surface area contributed by atoms with E-state index in [9.17, 15) is 4.79 Å². The predicted molar refractivity (Wildman–Crippen MR) is 110 cm³/mol. The van der Waals surface area contributed by atoms with Crippen molar-refractivity contribution in [1.82, 2.24) is 9.97 Å². The fourth-order valence-electron chi connectivity index (χ4n) is 2.77. The summed E-state index contributed by atoms with van der Waals surface area (Å²) in [6.07, 6.45) is 1.20. The molecule has 1 N–H and O–H groups in total. The van der Waals surface area contributed by atoms with Crippen LogP contribution < -0.4 is 10.2 Å². The second-order valence-electron chi connectivity index (χ2n) is 6.30. The number of ether oxygens (including phenoxy) is 1. The third kappa shape index (κ3) is 5.07. The Labute approximate surface area is 165 Å². The fraction of sp³-hybridized carbons (Fsp3) is 0.227. The molecule has 6 nitrogen and oxygen atoms in total. The SMILES string of the molecule is CCN(C(=O)OCc1ccccc1)c1ccnc(N[C@@H](C)c2ccccc2)n1. The number of benzene rings is 2. The number of carbonyl (C=O) groups excluding carboxylic acids is 1. The fourth-order valence-corrected chi connectivity index (χ4v) is 2.77. The summed E-state index contributed by atoms with van der Waals surface area (Å²) in [7, 11) is 0. The largest absolute Gasteiger partial charge is 0.444 e. The molecule has 1 atom stereocenters. The number of aromatic nitrogens is 2. The van der Waals surface area contributed by atoms with Crippen LogP contribution in [0.2, 0.25) is 0 Å². The van der Waals surface area contributed by atoms with Crippen LogP contribution in [0.4, 0.5) is 16.6 Å². The van der Waals surface area contributed by atoms with E-state index in [-0.39, 0.29) is 12.6 Å². The molecule has 144 valence electrons. The maximum Gasteiger partial charge on any atom is 0.415 e. The van der Waals surface area contributed by atoms with Crippen LogP contribution in [0.25, 0.3) is 0 Å². The van der Waals surface area contributed by atoms with E-state index in [1.807, 2.05) is 74.5 Å². The molecule has 0 aliphatic heterocycles. The third-order valence-corrected chi connectivity index (χ3v) is 4.30. The van der Waals surface area contributed by atoms with Gasteiger partial charge in [-0.25, -0.2) is 9.78 Å². The van der Waals surface area contributed by atoms with E-state index in [2.05, 4.69) is 15.3 Å². The predicted octanol–water partition coefficient (Wildman–Crippen LogP) is 4.81. The Morgan fingerprint density at radius 1 is 1.07 bits per heavy atom. The van der Waals surface area contributed by atoms with Crippen molar-refractivity contribution in [3.8, 4) is 0 Å². The number of hydrogen-bond donors (Lipinski definition) is 1. The average molecular weight is 376 g/mol. The van der Waals surface area contributed by atoms with Crippen molar-refractivity contribution in [3.63, 3.8) is 0 Å². The zero-order valence-electron chi connectivity index (χ0n) is 16.1. The molecule has 0 aliphatic rings. The van der Waals surface area contributed by atoms with Gasteiger partial charge >= 0.3 is 6.09 Å². The standard InChI is InChI=1S/C22H24N4O2/c1-3-26(22(27)28-16-18-10-6-4-7-11-18)20-14-15-23-21(25-20)24-17(2)19-12-8-5-9-13-19/h4-15,17H,3,16H2,1-2H3,(H,23,24,25)/t17-/m0/s1. The van der Waals surface area contributed by atoms with E-state index >= 15 is 0 Å². The molecule has 2 aromatic carbocycles. The topological polar surface area (TPSA) is 67.4 Å². The van der Waals surface area contributed by atoms with Gasteiger partial charge in [0, 0.05) is 12.7 Å². The van der Waals surface area contributed by atoms with Gasteiger partial charge in [0.2, 0.25) is 5.95 Å². The molecule has 3 rings (SSSR count). The van der Waals surface area contributed by atoms with Crippen LogP contribution in [0.3, 0.4) is 0 Å². The van der Waals surface area contributed by atoms with Crippen LogP contribution in [0.15, 0.2) is 72.9 Å². The molecule has 1 heterocycles. The summed E-state index contributed by atoms with van der Waals surface area (Å²) in [5.74, 6) is 0.960. The normalized spacial score (nSPS) is 11.5. The molecule has 0 fully saturated rings. The average Bonchev–Trinajstić information content (AvgIpc) is 2.74. The van der Waals surface area contributed by atoms with Crippen LogP contribution in [-0.2, 0) is 11.3 Å². The van der Waals surface area contributed by atoms with Gasteiger partial charge in [0.1, 0.15) is 12.4 Å². The Balaban J connectivity index is 1.67. The molecule has 0 bridgehead atoms. The highest BCUT2D eigenvalue weighted by Crippen LogP contribution is 2.19. The summed E-state index contributed by atoms with van der Waals surface area (Å²) in [6.45, 7) is 4.58. The Morgan fingerprint density at radius 2 is 1.75 bits per heavy atom. The molecule has 0 unspecified atom stereocenters. The lowest BCUT2D eigenvalue weighted by atomic mass is 10.1. The number of carbonyl (C=O) groups is 1. The zero-order chi connectivity index (χ0) is 19.8. The Kier molecular flexibility index (Phi) is 6.57. The minimum absolute atomic E-state index is 0.0385. The van der Waals surface area contributed by atoms with Gasteiger partial charge in [0.05, 0.1) is 6.04 Å². The van der Waals surface area contributed by atoms with Crippen molar-refractivity contribution in [3.05, 3.63) is 84.1 Å². The summed E-state index contributed by atoms with van der Waals surface area (Å²) in [6, 6.07) is 21.4. The van der Waals surface area contributed by atoms with Gasteiger partial charge in [-0.15, -0.1) is 0 Å². The molecule has 1 amide bonds. The maximum absolute atomic E-state index is 12.5. The van der Waals surface area contributed by atoms with E-state index in [0.717, 1.165) is 11.1 Å². The van der Waals surface area contributed by atoms with Crippen LogP contribution in [0.5, 0.6) is 0 Å². The van der Waals surface area contributed by atoms with Gasteiger partial charge < -0.3 is 10.1 Å². The van der Waals surface area contributed by atoms with Crippen molar-refractivity contribution in [2.24, 2.45) is 0 Å². The Morgan fingerprint density at radius 3 is 2.43 bits per heavy atom. The lowest BCUT2D eigenvalue weighted by molar-refractivity contribution is 0.147. The van der Waals surface area contributed by atoms with Crippen molar-refractivity contribution in [2.45, 2.75) is 26.5 Å². The summed E-state index contributed by atoms with van der Waals surface area (Å²) in [5, 5.41) is 3.27. The number of rotatable bonds is 7. The first-order valence-electron chi connectivity index (χ1n) is 9.30. The summed E-state index contributed by atoms with van der Waals surface area (Å²) >= 11 is 0. The quantitative estimate of drug-likeness (QED) is 0.641. The highest BCUT2D eigenvalue weighted by Gasteiger charge is 2.18. The van der Waals surface area contributed by atoms with E-state index in [0.29, 0.717) is 18.3 Å². The van der Waals surface area contributed by atoms with Crippen molar-refractivity contribution < 1.29 is 9.53 Å². The molecule has 0 saturated carbocycles. The molecule has 0 spiro atoms. The van der Waals surface area contributed by atoms with Gasteiger partial charge in [-0.2, -0.15) is 4.98 Å². The van der Waals surface area contributed by atoms with Crippen molar-refractivity contribution >= 4 is 17.9 Å². The Hall–Kier alpha value is -3.41. The summed E-state index contributed by atoms with van der Waals surface area (Å²) < 4.78 is 5.43. The van der Waals surface area contributed by atoms with E-state index in [4.69, 9.17) is 4.74 Å². The van der Waals surface area contributed by atoms with Gasteiger partial charge in [0.15, 0.2) is 0 Å². The minimum Gasteiger partial charge on any atom is -0.444 e. The molecule has 0 saturated heterocycles. The highest BCUT2D eigenvalue weighted by molar-refractivity contribution is 5.86. The van der Waals surface area contributed by atoms with E-state index < -0.39 is 6.09 Å². The van der Waals surface area contributed by atoms with Crippen molar-refractivity contribution in [1.29, 1.82) is 0 Å². The van der Waals surface area contributed by atoms with Crippen LogP contribution in [-0.4, -0.2) is 22.6 Å². The number of nitrogens with one attached hydrogen (secondary N) is 1. The first kappa shape index (κ1) is 19.4. The first-order valence-corrected chi connectivity index (χ1v) is 9.30. The van der Waals surface area contributed by atoms with Crippen LogP contribution in [0, 0.1) is 0 Å². The lowest BCUT2D eigenvalue weighted by Crippen LogP contribution is -2.32. The van der Waals surface area contributed by atoms with Gasteiger partial charge in [-0.3, -0.25) is 4.90 Å². The summed E-state index contributed by atoms with van der Waals surface area (Å²) in [4.78, 5) is 22.8. The molecular formula is C22H24N4O2. The van der Waals surface area contributed by atoms with Crippen LogP contribution >= 0.6 is 0 Å². The lowest BCUT2D eigenvalue weighted by Gasteiger charge is -2.20. The number of anilines is 2. The number of nitrogens with zero attached hydrogens (tertiary/aromatic N) is 3. The number of hydrogen-bond acceptors (Lipinski definition) is 5. The van der Waals surface area contributed by atoms with E-state index in [1.54, 1.807) is 12.3 Å². The van der Waals surface area contributed by atoms with Crippen molar-refractivity contribution in [2.75, 3.05) is 16.8 Å². The molecule has 1 aromatic heterocycles. The molecule has 0 radical (unpaired) electrons.